The predicted molar refractivity (Wildman–Crippen MR) is 59.3 cm³/mol. The van der Waals surface area contributed by atoms with Crippen LogP contribution in [-0.4, -0.2) is 30.8 Å². The molecule has 1 aliphatic heterocycles. The highest BCUT2D eigenvalue weighted by Crippen LogP contribution is 2.46. The Bertz CT molecular complexity index is 486. The number of likely N-dealkylation sites (N-methyl/N-ethyl adjacent to an activating group) is 1. The third-order valence-corrected chi connectivity index (χ3v) is 3.27. The summed E-state index contributed by atoms with van der Waals surface area (Å²) in [5.74, 6) is -0.719. The van der Waals surface area contributed by atoms with Crippen molar-refractivity contribution in [1.82, 2.24) is 0 Å². The zero-order chi connectivity index (χ0) is 13.6. The van der Waals surface area contributed by atoms with Gasteiger partial charge in [0.25, 0.3) is 0 Å². The number of para-hydroxylation sites is 1. The van der Waals surface area contributed by atoms with Crippen LogP contribution in [0.15, 0.2) is 24.3 Å². The van der Waals surface area contributed by atoms with Crippen LogP contribution in [0, 0.1) is 0 Å². The van der Waals surface area contributed by atoms with Gasteiger partial charge in [0.15, 0.2) is 0 Å². The molecule has 0 spiro atoms. The average Bonchev–Trinajstić information content (AvgIpc) is 2.51. The standard InChI is InChI=1S/C12H12F3NO2/c1-16-9-5-3-2-4-8(9)11(7-17,10(16)18)6-12(13,14)15/h2-5,17H,6-7H2,1H3/t11-/m0/s1. The van der Waals surface area contributed by atoms with Crippen molar-refractivity contribution in [2.24, 2.45) is 0 Å². The lowest BCUT2D eigenvalue weighted by Crippen LogP contribution is -2.44. The molecular formula is C12H12F3NO2. The minimum atomic E-state index is -4.52. The van der Waals surface area contributed by atoms with E-state index in [1.165, 1.54) is 13.1 Å². The van der Waals surface area contributed by atoms with E-state index in [4.69, 9.17) is 0 Å². The molecule has 0 bridgehead atoms. The number of alkyl halides is 3. The van der Waals surface area contributed by atoms with Gasteiger partial charge in [0.05, 0.1) is 13.0 Å². The second-order valence-corrected chi connectivity index (χ2v) is 4.41. The number of carbonyl (C=O) groups excluding carboxylic acids is 1. The number of aliphatic hydroxyl groups is 1. The minimum Gasteiger partial charge on any atom is -0.395 e. The van der Waals surface area contributed by atoms with E-state index in [-0.39, 0.29) is 5.56 Å². The lowest BCUT2D eigenvalue weighted by atomic mass is 9.79. The van der Waals surface area contributed by atoms with Crippen LogP contribution in [0.3, 0.4) is 0 Å². The molecule has 1 N–H and O–H groups in total. The van der Waals surface area contributed by atoms with Gasteiger partial charge in [0, 0.05) is 12.7 Å². The number of hydrogen-bond acceptors (Lipinski definition) is 2. The highest BCUT2D eigenvalue weighted by Gasteiger charge is 2.54. The monoisotopic (exact) mass is 259 g/mol. The third kappa shape index (κ3) is 1.77. The molecule has 2 rings (SSSR count). The Morgan fingerprint density at radius 2 is 1.94 bits per heavy atom. The Balaban J connectivity index is 2.57. The fourth-order valence-electron chi connectivity index (χ4n) is 2.44. The fourth-order valence-corrected chi connectivity index (χ4v) is 2.44. The van der Waals surface area contributed by atoms with Gasteiger partial charge >= 0.3 is 6.18 Å². The molecule has 0 saturated heterocycles. The maximum atomic E-state index is 12.7. The van der Waals surface area contributed by atoms with Crippen molar-refractivity contribution in [3.63, 3.8) is 0 Å². The van der Waals surface area contributed by atoms with Crippen molar-refractivity contribution in [2.75, 3.05) is 18.6 Å². The molecule has 0 aliphatic carbocycles. The van der Waals surface area contributed by atoms with Gasteiger partial charge in [-0.2, -0.15) is 13.2 Å². The van der Waals surface area contributed by atoms with Gasteiger partial charge in [0.1, 0.15) is 5.41 Å². The van der Waals surface area contributed by atoms with E-state index in [0.29, 0.717) is 5.69 Å². The molecule has 1 aromatic carbocycles. The summed E-state index contributed by atoms with van der Waals surface area (Å²) >= 11 is 0. The van der Waals surface area contributed by atoms with Gasteiger partial charge in [0.2, 0.25) is 5.91 Å². The van der Waals surface area contributed by atoms with Gasteiger partial charge in [-0.15, -0.1) is 0 Å². The second-order valence-electron chi connectivity index (χ2n) is 4.41. The maximum Gasteiger partial charge on any atom is 0.390 e. The molecule has 18 heavy (non-hydrogen) atoms. The lowest BCUT2D eigenvalue weighted by Gasteiger charge is -2.26. The van der Waals surface area contributed by atoms with E-state index < -0.39 is 30.5 Å². The zero-order valence-corrected chi connectivity index (χ0v) is 9.66. The van der Waals surface area contributed by atoms with E-state index >= 15 is 0 Å². The number of nitrogens with zero attached hydrogens (tertiary/aromatic N) is 1. The first-order valence-electron chi connectivity index (χ1n) is 5.37. The highest BCUT2D eigenvalue weighted by molar-refractivity contribution is 6.07. The molecule has 6 heteroatoms. The molecule has 0 aromatic heterocycles. The van der Waals surface area contributed by atoms with E-state index in [9.17, 15) is 23.1 Å². The largest absolute Gasteiger partial charge is 0.395 e. The molecule has 1 atom stereocenters. The number of fused-ring (bicyclic) bond motifs is 1. The van der Waals surface area contributed by atoms with E-state index in [1.54, 1.807) is 18.2 Å². The molecule has 0 unspecified atom stereocenters. The molecule has 1 aliphatic rings. The molecule has 0 fully saturated rings. The van der Waals surface area contributed by atoms with Crippen LogP contribution >= 0.6 is 0 Å². The molecule has 98 valence electrons. The van der Waals surface area contributed by atoms with Crippen LogP contribution in [0.5, 0.6) is 0 Å². The SMILES string of the molecule is CN1C(=O)[C@](CO)(CC(F)(F)F)c2ccccc21. The summed E-state index contributed by atoms with van der Waals surface area (Å²) < 4.78 is 38.0. The number of carbonyl (C=O) groups is 1. The van der Waals surface area contributed by atoms with Crippen molar-refractivity contribution in [3.05, 3.63) is 29.8 Å². The Labute approximate surface area is 102 Å². The summed E-state index contributed by atoms with van der Waals surface area (Å²) in [6.07, 6.45) is -5.87. The lowest BCUT2D eigenvalue weighted by molar-refractivity contribution is -0.159. The van der Waals surface area contributed by atoms with Gasteiger partial charge < -0.3 is 10.0 Å². The smallest absolute Gasteiger partial charge is 0.390 e. The molecule has 1 aromatic rings. The second kappa shape index (κ2) is 3.98. The summed E-state index contributed by atoms with van der Waals surface area (Å²) in [6.45, 7) is -0.854. The maximum absolute atomic E-state index is 12.7. The summed E-state index contributed by atoms with van der Waals surface area (Å²) in [4.78, 5) is 13.2. The number of rotatable bonds is 2. The molecule has 3 nitrogen and oxygen atoms in total. The van der Waals surface area contributed by atoms with E-state index in [1.807, 2.05) is 0 Å². The van der Waals surface area contributed by atoms with Crippen molar-refractivity contribution in [2.45, 2.75) is 18.0 Å². The van der Waals surface area contributed by atoms with Crippen LogP contribution in [0.4, 0.5) is 18.9 Å². The molecule has 1 amide bonds. The summed E-state index contributed by atoms with van der Waals surface area (Å²) in [7, 11) is 1.41. The number of halogens is 3. The molecular weight excluding hydrogens is 247 g/mol. The molecule has 1 heterocycles. The van der Waals surface area contributed by atoms with Gasteiger partial charge in [-0.3, -0.25) is 4.79 Å². The number of benzene rings is 1. The quantitative estimate of drug-likeness (QED) is 0.880. The fraction of sp³-hybridized carbons (Fsp3) is 0.417. The Morgan fingerprint density at radius 1 is 1.33 bits per heavy atom. The predicted octanol–water partition coefficient (Wildman–Crippen LogP) is 1.85. The first-order valence-corrected chi connectivity index (χ1v) is 5.37. The van der Waals surface area contributed by atoms with Gasteiger partial charge in [-0.05, 0) is 11.6 Å². The number of anilines is 1. The van der Waals surface area contributed by atoms with Crippen molar-refractivity contribution >= 4 is 11.6 Å². The van der Waals surface area contributed by atoms with Gasteiger partial charge in [-0.25, -0.2) is 0 Å². The number of hydrogen-bond donors (Lipinski definition) is 1. The first-order chi connectivity index (χ1) is 8.32. The topological polar surface area (TPSA) is 40.5 Å². The third-order valence-electron chi connectivity index (χ3n) is 3.27. The summed E-state index contributed by atoms with van der Waals surface area (Å²) in [5, 5.41) is 9.37. The Kier molecular flexibility index (Phi) is 2.85. The minimum absolute atomic E-state index is 0.234. The van der Waals surface area contributed by atoms with E-state index in [2.05, 4.69) is 0 Å². The van der Waals surface area contributed by atoms with Crippen molar-refractivity contribution in [1.29, 1.82) is 0 Å². The normalized spacial score (nSPS) is 23.4. The molecule has 0 radical (unpaired) electrons. The van der Waals surface area contributed by atoms with E-state index in [0.717, 1.165) is 4.90 Å². The van der Waals surface area contributed by atoms with Crippen molar-refractivity contribution in [3.8, 4) is 0 Å². The van der Waals surface area contributed by atoms with Gasteiger partial charge in [-0.1, -0.05) is 18.2 Å². The zero-order valence-electron chi connectivity index (χ0n) is 9.66. The average molecular weight is 259 g/mol. The van der Waals surface area contributed by atoms with Crippen LogP contribution in [-0.2, 0) is 10.2 Å². The van der Waals surface area contributed by atoms with Crippen molar-refractivity contribution < 1.29 is 23.1 Å². The Hall–Kier alpha value is -1.56. The molecule has 0 saturated carbocycles. The summed E-state index contributed by atoms with van der Waals surface area (Å²) in [5.41, 5.74) is -1.25. The Morgan fingerprint density at radius 3 is 2.50 bits per heavy atom. The van der Waals surface area contributed by atoms with Crippen LogP contribution in [0.1, 0.15) is 12.0 Å². The highest BCUT2D eigenvalue weighted by atomic mass is 19.4. The number of aliphatic hydroxyl groups excluding tert-OH is 1. The van der Waals surface area contributed by atoms with Crippen LogP contribution in [0.25, 0.3) is 0 Å². The van der Waals surface area contributed by atoms with Crippen LogP contribution < -0.4 is 4.90 Å². The number of amides is 1. The van der Waals surface area contributed by atoms with Crippen LogP contribution in [0.2, 0.25) is 0 Å². The summed E-state index contributed by atoms with van der Waals surface area (Å²) in [6, 6.07) is 6.23. The first kappa shape index (κ1) is 12.9.